The number of hydrogen-bond acceptors (Lipinski definition) is 7. The number of rotatable bonds is 6. The van der Waals surface area contributed by atoms with Crippen LogP contribution in [0, 0.1) is 24.0 Å². The van der Waals surface area contributed by atoms with E-state index in [2.05, 4.69) is 5.32 Å². The minimum atomic E-state index is -0.707. The number of nitrogens with zero attached hydrogens (tertiary/aromatic N) is 1. The van der Waals surface area contributed by atoms with Crippen molar-refractivity contribution in [2.24, 2.45) is 0 Å². The van der Waals surface area contributed by atoms with Crippen molar-refractivity contribution in [2.45, 2.75) is 39.3 Å². The number of carbonyl (C=O) groups is 1. The molecule has 0 bridgehead atoms. The Hall–Kier alpha value is -3.68. The summed E-state index contributed by atoms with van der Waals surface area (Å²) < 4.78 is 10.7. The zero-order valence-corrected chi connectivity index (χ0v) is 16.6. The summed E-state index contributed by atoms with van der Waals surface area (Å²) in [6.07, 6.45) is 1.94. The second kappa shape index (κ2) is 7.62. The smallest absolute Gasteiger partial charge is 0.338 e. The van der Waals surface area contributed by atoms with Crippen LogP contribution in [0.15, 0.2) is 45.6 Å². The van der Waals surface area contributed by atoms with Crippen molar-refractivity contribution in [1.82, 2.24) is 0 Å². The lowest BCUT2D eigenvalue weighted by Gasteiger charge is -2.10. The van der Waals surface area contributed by atoms with Gasteiger partial charge in [0.1, 0.15) is 17.9 Å². The molecule has 0 radical (unpaired) electrons. The molecular formula is C22H20N2O6. The van der Waals surface area contributed by atoms with E-state index in [0.29, 0.717) is 22.2 Å². The third-order valence-corrected chi connectivity index (χ3v) is 5.24. The van der Waals surface area contributed by atoms with Gasteiger partial charge in [-0.3, -0.25) is 10.1 Å². The molecule has 0 atom stereocenters. The van der Waals surface area contributed by atoms with Crippen molar-refractivity contribution in [3.63, 3.8) is 0 Å². The van der Waals surface area contributed by atoms with Gasteiger partial charge < -0.3 is 14.5 Å². The van der Waals surface area contributed by atoms with Crippen LogP contribution in [-0.2, 0) is 11.3 Å². The molecule has 0 spiro atoms. The molecule has 0 unspecified atom stereocenters. The third-order valence-electron chi connectivity index (χ3n) is 5.24. The lowest BCUT2D eigenvalue weighted by molar-refractivity contribution is -0.384. The van der Waals surface area contributed by atoms with Gasteiger partial charge in [-0.15, -0.1) is 0 Å². The lowest BCUT2D eigenvalue weighted by atomic mass is 10.0. The molecule has 1 saturated carbocycles. The molecule has 154 valence electrons. The second-order valence-corrected chi connectivity index (χ2v) is 7.46. The molecule has 4 rings (SSSR count). The fourth-order valence-electron chi connectivity index (χ4n) is 3.25. The van der Waals surface area contributed by atoms with E-state index in [0.717, 1.165) is 24.0 Å². The summed E-state index contributed by atoms with van der Waals surface area (Å²) in [5.41, 5.74) is 2.54. The Balaban J connectivity index is 1.58. The second-order valence-electron chi connectivity index (χ2n) is 7.46. The highest BCUT2D eigenvalue weighted by Crippen LogP contribution is 2.32. The summed E-state index contributed by atoms with van der Waals surface area (Å²) in [7, 11) is 0. The van der Waals surface area contributed by atoms with Gasteiger partial charge in [0.15, 0.2) is 0 Å². The fraction of sp³-hybridized carbons (Fsp3) is 0.273. The Kier molecular flexibility index (Phi) is 4.99. The molecule has 0 aliphatic heterocycles. The number of hydrogen-bond donors (Lipinski definition) is 1. The average molecular weight is 408 g/mol. The van der Waals surface area contributed by atoms with Gasteiger partial charge in [-0.1, -0.05) is 12.1 Å². The number of benzene rings is 2. The van der Waals surface area contributed by atoms with E-state index in [4.69, 9.17) is 9.15 Å². The van der Waals surface area contributed by atoms with E-state index in [1.807, 2.05) is 26.0 Å². The number of carbonyl (C=O) groups excluding carboxylic acids is 1. The van der Waals surface area contributed by atoms with Crippen LogP contribution in [0.5, 0.6) is 0 Å². The first-order valence-electron chi connectivity index (χ1n) is 9.58. The van der Waals surface area contributed by atoms with Gasteiger partial charge in [0.2, 0.25) is 0 Å². The van der Waals surface area contributed by atoms with Gasteiger partial charge in [0, 0.05) is 29.1 Å². The number of nitro groups is 1. The first-order chi connectivity index (χ1) is 14.3. The predicted molar refractivity (Wildman–Crippen MR) is 111 cm³/mol. The van der Waals surface area contributed by atoms with Crippen molar-refractivity contribution in [3.05, 3.63) is 79.2 Å². The molecule has 2 aromatic carbocycles. The topological polar surface area (TPSA) is 112 Å². The third kappa shape index (κ3) is 3.89. The monoisotopic (exact) mass is 408 g/mol. The summed E-state index contributed by atoms with van der Waals surface area (Å²) in [5.74, 6) is -0.707. The summed E-state index contributed by atoms with van der Waals surface area (Å²) in [5, 5.41) is 15.2. The van der Waals surface area contributed by atoms with Crippen molar-refractivity contribution >= 4 is 28.3 Å². The van der Waals surface area contributed by atoms with Gasteiger partial charge in [-0.05, 0) is 49.9 Å². The highest BCUT2D eigenvalue weighted by Gasteiger charge is 2.26. The average Bonchev–Trinajstić information content (AvgIpc) is 3.53. The summed E-state index contributed by atoms with van der Waals surface area (Å²) in [6, 6.07) is 9.46. The van der Waals surface area contributed by atoms with E-state index >= 15 is 0 Å². The SMILES string of the molecule is Cc1ccc2c(COC(=O)c3ccc(NC4CC4)c([N+](=O)[O-])c3)cc(=O)oc2c1C. The Labute approximate surface area is 171 Å². The maximum Gasteiger partial charge on any atom is 0.338 e. The molecule has 30 heavy (non-hydrogen) atoms. The van der Waals surface area contributed by atoms with Gasteiger partial charge >= 0.3 is 11.6 Å². The zero-order valence-electron chi connectivity index (χ0n) is 16.6. The Bertz CT molecular complexity index is 1230. The molecule has 1 aromatic heterocycles. The highest BCUT2D eigenvalue weighted by atomic mass is 16.6. The lowest BCUT2D eigenvalue weighted by Crippen LogP contribution is -2.10. The summed E-state index contributed by atoms with van der Waals surface area (Å²) in [4.78, 5) is 35.3. The number of ether oxygens (including phenoxy) is 1. The van der Waals surface area contributed by atoms with Crippen molar-refractivity contribution in [3.8, 4) is 0 Å². The number of aryl methyl sites for hydroxylation is 2. The molecule has 1 aliphatic carbocycles. The Morgan fingerprint density at radius 3 is 2.70 bits per heavy atom. The molecule has 1 heterocycles. The van der Waals surface area contributed by atoms with E-state index in [9.17, 15) is 19.7 Å². The molecule has 3 aromatic rings. The quantitative estimate of drug-likeness (QED) is 0.281. The van der Waals surface area contributed by atoms with Crippen LogP contribution >= 0.6 is 0 Å². The van der Waals surface area contributed by atoms with Crippen molar-refractivity contribution in [2.75, 3.05) is 5.32 Å². The van der Waals surface area contributed by atoms with Crippen LogP contribution in [0.2, 0.25) is 0 Å². The van der Waals surface area contributed by atoms with Gasteiger partial charge in [0.05, 0.1) is 10.5 Å². The zero-order chi connectivity index (χ0) is 21.4. The summed E-state index contributed by atoms with van der Waals surface area (Å²) in [6.45, 7) is 3.61. The summed E-state index contributed by atoms with van der Waals surface area (Å²) >= 11 is 0. The molecule has 1 aliphatic rings. The first-order valence-corrected chi connectivity index (χ1v) is 9.58. The highest BCUT2D eigenvalue weighted by molar-refractivity contribution is 5.92. The van der Waals surface area contributed by atoms with Crippen LogP contribution in [-0.4, -0.2) is 16.9 Å². The minimum absolute atomic E-state index is 0.0716. The normalized spacial score (nSPS) is 13.3. The van der Waals surface area contributed by atoms with Gasteiger partial charge in [-0.2, -0.15) is 0 Å². The number of nitrogens with one attached hydrogen (secondary N) is 1. The van der Waals surface area contributed by atoms with Crippen LogP contribution in [0.3, 0.4) is 0 Å². The van der Waals surface area contributed by atoms with Crippen LogP contribution in [0.4, 0.5) is 11.4 Å². The number of anilines is 1. The van der Waals surface area contributed by atoms with Gasteiger partial charge in [0.25, 0.3) is 5.69 Å². The Morgan fingerprint density at radius 1 is 1.23 bits per heavy atom. The predicted octanol–water partition coefficient (Wildman–Crippen LogP) is 4.25. The molecular weight excluding hydrogens is 388 g/mol. The number of esters is 1. The fourth-order valence-corrected chi connectivity index (χ4v) is 3.25. The van der Waals surface area contributed by atoms with E-state index < -0.39 is 16.5 Å². The molecule has 1 N–H and O–H groups in total. The van der Waals surface area contributed by atoms with E-state index in [1.165, 1.54) is 24.3 Å². The van der Waals surface area contributed by atoms with Crippen LogP contribution < -0.4 is 10.9 Å². The van der Waals surface area contributed by atoms with Crippen molar-refractivity contribution in [1.29, 1.82) is 0 Å². The van der Waals surface area contributed by atoms with Crippen molar-refractivity contribution < 1.29 is 18.9 Å². The van der Waals surface area contributed by atoms with E-state index in [-0.39, 0.29) is 23.9 Å². The molecule has 8 nitrogen and oxygen atoms in total. The standard InChI is InChI=1S/C22H20N2O6/c1-12-3-7-17-15(10-20(25)30-21(17)13(12)2)11-29-22(26)14-4-8-18(23-16-5-6-16)19(9-14)24(27)28/h3-4,7-10,16,23H,5-6,11H2,1-2H3. The van der Waals surface area contributed by atoms with Gasteiger partial charge in [-0.25, -0.2) is 9.59 Å². The maximum atomic E-state index is 12.5. The molecule has 0 saturated heterocycles. The Morgan fingerprint density at radius 2 is 2.00 bits per heavy atom. The number of nitro benzene ring substituents is 1. The molecule has 8 heteroatoms. The largest absolute Gasteiger partial charge is 0.457 e. The maximum absolute atomic E-state index is 12.5. The molecule has 0 amide bonds. The van der Waals surface area contributed by atoms with Crippen LogP contribution in [0.1, 0.15) is 39.9 Å². The number of fused-ring (bicyclic) bond motifs is 1. The molecule has 1 fully saturated rings. The van der Waals surface area contributed by atoms with E-state index in [1.54, 1.807) is 0 Å². The first kappa shape index (κ1) is 19.6. The minimum Gasteiger partial charge on any atom is -0.457 e. The van der Waals surface area contributed by atoms with Crippen LogP contribution in [0.25, 0.3) is 11.0 Å².